The Morgan fingerprint density at radius 2 is 1.87 bits per heavy atom. The monoisotopic (exact) mass is 205 g/mol. The summed E-state index contributed by atoms with van der Waals surface area (Å²) in [6, 6.07) is 10.2. The number of aliphatic hydroxyl groups excluding tert-OH is 1. The molecule has 0 saturated carbocycles. The third kappa shape index (κ3) is 3.56. The second-order valence-electron chi connectivity index (χ2n) is 3.05. The molecule has 0 amide bonds. The van der Waals surface area contributed by atoms with Crippen LogP contribution in [0.2, 0.25) is 0 Å². The van der Waals surface area contributed by atoms with E-state index in [1.807, 2.05) is 25.1 Å². The summed E-state index contributed by atoms with van der Waals surface area (Å²) in [7, 11) is 1.00. The van der Waals surface area contributed by atoms with Gasteiger partial charge in [-0.15, -0.1) is 0 Å². The predicted octanol–water partition coefficient (Wildman–Crippen LogP) is 2.18. The first-order valence-corrected chi connectivity index (χ1v) is 4.74. The molecule has 0 aliphatic rings. The minimum Gasteiger partial charge on any atom is -0.448 e. The van der Waals surface area contributed by atoms with Crippen molar-refractivity contribution in [2.75, 3.05) is 7.11 Å². The molecular formula is C12H15NO2. The Balaban J connectivity index is 0.000000531. The van der Waals surface area contributed by atoms with E-state index in [0.717, 1.165) is 25.1 Å². The van der Waals surface area contributed by atoms with Crippen molar-refractivity contribution in [3.63, 3.8) is 0 Å². The van der Waals surface area contributed by atoms with Gasteiger partial charge in [-0.25, -0.2) is 4.98 Å². The summed E-state index contributed by atoms with van der Waals surface area (Å²) < 4.78 is 5.26. The highest BCUT2D eigenvalue weighted by Gasteiger charge is 2.00. The smallest absolute Gasteiger partial charge is 0.198 e. The average molecular weight is 205 g/mol. The molecule has 15 heavy (non-hydrogen) atoms. The SMILES string of the molecule is CO.Cc1coc(Cc2ccccc2)n1. The normalized spacial score (nSPS) is 9.27. The van der Waals surface area contributed by atoms with E-state index in [2.05, 4.69) is 17.1 Å². The number of aromatic nitrogens is 1. The maximum Gasteiger partial charge on any atom is 0.198 e. The number of aryl methyl sites for hydroxylation is 1. The Kier molecular flexibility index (Phi) is 4.57. The quantitative estimate of drug-likeness (QED) is 0.817. The van der Waals surface area contributed by atoms with Gasteiger partial charge in [-0.05, 0) is 12.5 Å². The molecule has 80 valence electrons. The second kappa shape index (κ2) is 5.98. The van der Waals surface area contributed by atoms with Crippen LogP contribution in [0.1, 0.15) is 17.1 Å². The molecule has 1 N–H and O–H groups in total. The molecule has 0 spiro atoms. The molecule has 2 aromatic rings. The van der Waals surface area contributed by atoms with Gasteiger partial charge in [0.15, 0.2) is 5.89 Å². The Bertz CT molecular complexity index is 382. The highest BCUT2D eigenvalue weighted by Crippen LogP contribution is 2.08. The number of nitrogens with zero attached hydrogens (tertiary/aromatic N) is 1. The molecule has 3 heteroatoms. The van der Waals surface area contributed by atoms with Gasteiger partial charge >= 0.3 is 0 Å². The second-order valence-corrected chi connectivity index (χ2v) is 3.05. The maximum atomic E-state index is 7.00. The number of hydrogen-bond acceptors (Lipinski definition) is 3. The minimum atomic E-state index is 0.772. The van der Waals surface area contributed by atoms with E-state index < -0.39 is 0 Å². The zero-order valence-electron chi connectivity index (χ0n) is 8.97. The van der Waals surface area contributed by atoms with Gasteiger partial charge in [0.05, 0.1) is 5.69 Å². The van der Waals surface area contributed by atoms with Gasteiger partial charge in [0, 0.05) is 13.5 Å². The molecule has 0 radical (unpaired) electrons. The van der Waals surface area contributed by atoms with Crippen LogP contribution in [0.5, 0.6) is 0 Å². The first-order chi connectivity index (χ1) is 7.34. The number of aliphatic hydroxyl groups is 1. The summed E-state index contributed by atoms with van der Waals surface area (Å²) in [6.07, 6.45) is 2.45. The van der Waals surface area contributed by atoms with E-state index in [4.69, 9.17) is 9.52 Å². The van der Waals surface area contributed by atoms with Crippen LogP contribution in [0.15, 0.2) is 41.0 Å². The first-order valence-electron chi connectivity index (χ1n) is 4.74. The molecule has 0 saturated heterocycles. The molecular weight excluding hydrogens is 190 g/mol. The molecule has 2 rings (SSSR count). The fraction of sp³-hybridized carbons (Fsp3) is 0.250. The summed E-state index contributed by atoms with van der Waals surface area (Å²) in [5.41, 5.74) is 2.16. The molecule has 0 atom stereocenters. The van der Waals surface area contributed by atoms with Gasteiger partial charge < -0.3 is 9.52 Å². The molecule has 3 nitrogen and oxygen atoms in total. The van der Waals surface area contributed by atoms with Gasteiger partial charge in [-0.1, -0.05) is 30.3 Å². The van der Waals surface area contributed by atoms with Crippen molar-refractivity contribution >= 4 is 0 Å². The summed E-state index contributed by atoms with van der Waals surface area (Å²) in [5.74, 6) is 0.781. The van der Waals surface area contributed by atoms with E-state index in [0.29, 0.717) is 0 Å². The van der Waals surface area contributed by atoms with Crippen LogP contribution in [0.3, 0.4) is 0 Å². The van der Waals surface area contributed by atoms with Crippen LogP contribution < -0.4 is 0 Å². The van der Waals surface area contributed by atoms with Crippen molar-refractivity contribution in [2.45, 2.75) is 13.3 Å². The summed E-state index contributed by atoms with van der Waals surface area (Å²) in [6.45, 7) is 1.93. The van der Waals surface area contributed by atoms with E-state index in [1.54, 1.807) is 6.26 Å². The van der Waals surface area contributed by atoms with Gasteiger partial charge in [0.25, 0.3) is 0 Å². The average Bonchev–Trinajstić information content (AvgIpc) is 2.68. The molecule has 0 aliphatic heterocycles. The van der Waals surface area contributed by atoms with Gasteiger partial charge in [0.2, 0.25) is 0 Å². The van der Waals surface area contributed by atoms with Crippen molar-refractivity contribution in [3.05, 3.63) is 53.7 Å². The summed E-state index contributed by atoms with van der Waals surface area (Å²) >= 11 is 0. The van der Waals surface area contributed by atoms with Crippen LogP contribution in [0.4, 0.5) is 0 Å². The fourth-order valence-corrected chi connectivity index (χ4v) is 1.25. The molecule has 1 aromatic heterocycles. The highest BCUT2D eigenvalue weighted by molar-refractivity contribution is 5.18. The lowest BCUT2D eigenvalue weighted by Gasteiger charge is -1.94. The van der Waals surface area contributed by atoms with Crippen LogP contribution >= 0.6 is 0 Å². The van der Waals surface area contributed by atoms with Crippen LogP contribution in [0.25, 0.3) is 0 Å². The fourth-order valence-electron chi connectivity index (χ4n) is 1.25. The van der Waals surface area contributed by atoms with E-state index in [9.17, 15) is 0 Å². The van der Waals surface area contributed by atoms with Crippen molar-refractivity contribution in [1.82, 2.24) is 4.98 Å². The van der Waals surface area contributed by atoms with Crippen molar-refractivity contribution in [3.8, 4) is 0 Å². The third-order valence-corrected chi connectivity index (χ3v) is 1.86. The minimum absolute atomic E-state index is 0.772. The van der Waals surface area contributed by atoms with Crippen molar-refractivity contribution in [2.24, 2.45) is 0 Å². The Hall–Kier alpha value is -1.61. The lowest BCUT2D eigenvalue weighted by atomic mass is 10.1. The van der Waals surface area contributed by atoms with Crippen LogP contribution in [0, 0.1) is 6.92 Å². The zero-order valence-corrected chi connectivity index (χ0v) is 8.97. The lowest BCUT2D eigenvalue weighted by Crippen LogP contribution is -1.87. The van der Waals surface area contributed by atoms with Crippen molar-refractivity contribution < 1.29 is 9.52 Å². The van der Waals surface area contributed by atoms with E-state index in [-0.39, 0.29) is 0 Å². The number of benzene rings is 1. The van der Waals surface area contributed by atoms with Gasteiger partial charge in [-0.3, -0.25) is 0 Å². The number of rotatable bonds is 2. The molecule has 1 aromatic carbocycles. The Morgan fingerprint density at radius 1 is 1.20 bits per heavy atom. The zero-order chi connectivity index (χ0) is 11.1. The first kappa shape index (κ1) is 11.5. The molecule has 0 fully saturated rings. The van der Waals surface area contributed by atoms with E-state index >= 15 is 0 Å². The molecule has 1 heterocycles. The summed E-state index contributed by atoms with van der Waals surface area (Å²) in [4.78, 5) is 4.24. The maximum absolute atomic E-state index is 7.00. The Morgan fingerprint density at radius 3 is 2.40 bits per heavy atom. The highest BCUT2D eigenvalue weighted by atomic mass is 16.3. The van der Waals surface area contributed by atoms with Crippen LogP contribution in [-0.2, 0) is 6.42 Å². The molecule has 0 bridgehead atoms. The molecule has 0 unspecified atom stereocenters. The number of oxazole rings is 1. The Labute approximate surface area is 89.4 Å². The van der Waals surface area contributed by atoms with Crippen LogP contribution in [-0.4, -0.2) is 17.2 Å². The predicted molar refractivity (Wildman–Crippen MR) is 58.6 cm³/mol. The molecule has 0 aliphatic carbocycles. The van der Waals surface area contributed by atoms with Crippen molar-refractivity contribution in [1.29, 1.82) is 0 Å². The largest absolute Gasteiger partial charge is 0.448 e. The lowest BCUT2D eigenvalue weighted by molar-refractivity contribution is 0.399. The third-order valence-electron chi connectivity index (χ3n) is 1.86. The number of hydrogen-bond donors (Lipinski definition) is 1. The van der Waals surface area contributed by atoms with Gasteiger partial charge in [-0.2, -0.15) is 0 Å². The standard InChI is InChI=1S/C11H11NO.CH4O/c1-9-8-13-11(12-9)7-10-5-3-2-4-6-10;1-2/h2-6,8H,7H2,1H3;2H,1H3. The van der Waals surface area contributed by atoms with E-state index in [1.165, 1.54) is 5.56 Å². The van der Waals surface area contributed by atoms with Gasteiger partial charge in [0.1, 0.15) is 6.26 Å². The topological polar surface area (TPSA) is 46.3 Å². The summed E-state index contributed by atoms with van der Waals surface area (Å²) in [5, 5.41) is 7.00.